The predicted octanol–water partition coefficient (Wildman–Crippen LogP) is 4.28. The van der Waals surface area contributed by atoms with Crippen LogP contribution in [0.3, 0.4) is 0 Å². The van der Waals surface area contributed by atoms with E-state index in [0.29, 0.717) is 50.0 Å². The lowest BCUT2D eigenvalue weighted by Crippen LogP contribution is -2.27. The van der Waals surface area contributed by atoms with Gasteiger partial charge in [-0.15, -0.1) is 0 Å². The number of nitrogens with zero attached hydrogens (tertiary/aromatic N) is 4. The van der Waals surface area contributed by atoms with Gasteiger partial charge in [0.1, 0.15) is 23.8 Å². The lowest BCUT2D eigenvalue weighted by Gasteiger charge is -2.17. The second kappa shape index (κ2) is 13.5. The topological polar surface area (TPSA) is 160 Å². The van der Waals surface area contributed by atoms with E-state index in [2.05, 4.69) is 30.9 Å². The number of hydrogen-bond donors (Lipinski definition) is 4. The van der Waals surface area contributed by atoms with Crippen molar-refractivity contribution < 1.29 is 18.7 Å². The first-order valence-corrected chi connectivity index (χ1v) is 14.1. The highest BCUT2D eigenvalue weighted by molar-refractivity contribution is 5.99. The summed E-state index contributed by atoms with van der Waals surface area (Å²) in [6, 6.07) is 17.4. The number of nitrogen functional groups attached to an aromatic ring is 1. The van der Waals surface area contributed by atoms with E-state index in [1.807, 2.05) is 44.2 Å². The molecule has 1 amide bonds. The number of rotatable bonds is 11. The van der Waals surface area contributed by atoms with Crippen LogP contribution in [0.25, 0.3) is 11.3 Å². The van der Waals surface area contributed by atoms with Crippen molar-refractivity contribution in [3.63, 3.8) is 0 Å². The maximum atomic E-state index is 13.2. The molecular weight excluding hydrogens is 563 g/mol. The third-order valence-corrected chi connectivity index (χ3v) is 6.95. The lowest BCUT2D eigenvalue weighted by atomic mass is 10.1. The monoisotopic (exact) mass is 596 g/mol. The molecule has 0 spiro atoms. The highest BCUT2D eigenvalue weighted by Gasteiger charge is 2.32. The molecule has 0 radical (unpaired) electrons. The van der Waals surface area contributed by atoms with Gasteiger partial charge in [0.05, 0.1) is 29.6 Å². The summed E-state index contributed by atoms with van der Waals surface area (Å²) in [6.45, 7) is 5.43. The van der Waals surface area contributed by atoms with Crippen LogP contribution in [-0.4, -0.2) is 52.4 Å². The Hall–Kier alpha value is -5.12. The summed E-state index contributed by atoms with van der Waals surface area (Å²) in [4.78, 5) is 26.2. The van der Waals surface area contributed by atoms with Gasteiger partial charge in [0, 0.05) is 31.4 Å². The zero-order valence-electron chi connectivity index (χ0n) is 24.4. The number of carbonyl (C=O) groups is 1. The Bertz CT molecular complexity index is 1660. The Balaban J connectivity index is 1.20. The molecule has 0 aliphatic carbocycles. The quantitative estimate of drug-likeness (QED) is 0.197. The van der Waals surface area contributed by atoms with Crippen molar-refractivity contribution in [3.8, 4) is 17.3 Å². The standard InChI is InChI=1S/C32H33FN8O3/c1-32(2)43-19-25(44-32)17-40-30-28(35)37-18-27(41-30)23-7-3-21(4-8-23)15-38-29-26(13-22(14-34)16-39-29)31(42)36-12-11-20-5-9-24(33)10-6-20/h3-10,13,16,18,25H,11-12,15,17,19H2,1-2H3,(H2,35,37)(H,36,42)(H,38,39)(H,40,41)/t25-/m0/s1. The minimum absolute atomic E-state index is 0.125. The highest BCUT2D eigenvalue weighted by Crippen LogP contribution is 2.25. The fraction of sp³-hybridized carbons (Fsp3) is 0.281. The van der Waals surface area contributed by atoms with Gasteiger partial charge < -0.3 is 31.2 Å². The van der Waals surface area contributed by atoms with Crippen LogP contribution in [0, 0.1) is 17.1 Å². The van der Waals surface area contributed by atoms with Gasteiger partial charge in [0.2, 0.25) is 0 Å². The number of benzene rings is 2. The molecule has 0 saturated carbocycles. The molecule has 1 aliphatic heterocycles. The maximum Gasteiger partial charge on any atom is 0.255 e. The number of aromatic nitrogens is 3. The number of ether oxygens (including phenoxy) is 2. The molecule has 0 unspecified atom stereocenters. The summed E-state index contributed by atoms with van der Waals surface area (Å²) >= 11 is 0. The smallest absolute Gasteiger partial charge is 0.255 e. The van der Waals surface area contributed by atoms with Gasteiger partial charge in [-0.2, -0.15) is 5.26 Å². The van der Waals surface area contributed by atoms with Gasteiger partial charge in [-0.25, -0.2) is 19.3 Å². The summed E-state index contributed by atoms with van der Waals surface area (Å²) in [7, 11) is 0. The van der Waals surface area contributed by atoms with Crippen LogP contribution in [0.1, 0.15) is 40.9 Å². The van der Waals surface area contributed by atoms with E-state index < -0.39 is 5.79 Å². The van der Waals surface area contributed by atoms with Gasteiger partial charge in [0.15, 0.2) is 17.4 Å². The Morgan fingerprint density at radius 2 is 1.82 bits per heavy atom. The normalized spacial score (nSPS) is 15.4. The van der Waals surface area contributed by atoms with Crippen LogP contribution in [-0.2, 0) is 22.4 Å². The summed E-state index contributed by atoms with van der Waals surface area (Å²) in [6.07, 6.45) is 3.44. The fourth-order valence-electron chi connectivity index (χ4n) is 4.63. The van der Waals surface area contributed by atoms with Crippen molar-refractivity contribution in [2.45, 2.75) is 38.7 Å². The zero-order chi connectivity index (χ0) is 31.1. The lowest BCUT2D eigenvalue weighted by molar-refractivity contribution is -0.136. The molecule has 1 saturated heterocycles. The average molecular weight is 597 g/mol. The number of nitrogens with one attached hydrogen (secondary N) is 3. The number of nitrogens with two attached hydrogens (primary N) is 1. The van der Waals surface area contributed by atoms with Crippen molar-refractivity contribution >= 4 is 23.4 Å². The predicted molar refractivity (Wildman–Crippen MR) is 164 cm³/mol. The third kappa shape index (κ3) is 7.83. The number of pyridine rings is 1. The SMILES string of the molecule is CC1(C)OC[C@H](CNc2nc(-c3ccc(CNc4ncc(C#N)cc4C(=O)NCCc4ccc(F)cc4)cc3)cnc2N)O1. The number of anilines is 3. The fourth-order valence-corrected chi connectivity index (χ4v) is 4.63. The molecule has 3 heterocycles. The van der Waals surface area contributed by atoms with Gasteiger partial charge in [-0.3, -0.25) is 4.79 Å². The van der Waals surface area contributed by atoms with Crippen LogP contribution in [0.4, 0.5) is 21.8 Å². The van der Waals surface area contributed by atoms with Crippen molar-refractivity contribution in [2.75, 3.05) is 36.1 Å². The molecule has 4 aromatic rings. The Morgan fingerprint density at radius 3 is 2.52 bits per heavy atom. The summed E-state index contributed by atoms with van der Waals surface area (Å²) < 4.78 is 24.6. The second-order valence-corrected chi connectivity index (χ2v) is 10.7. The molecule has 1 atom stereocenters. The van der Waals surface area contributed by atoms with E-state index in [1.54, 1.807) is 18.3 Å². The molecule has 5 N–H and O–H groups in total. The van der Waals surface area contributed by atoms with Gasteiger partial charge in [0.25, 0.3) is 5.91 Å². The van der Waals surface area contributed by atoms with Crippen molar-refractivity contribution in [2.24, 2.45) is 0 Å². The number of hydrogen-bond acceptors (Lipinski definition) is 10. The molecular formula is C32H33FN8O3. The largest absolute Gasteiger partial charge is 0.381 e. The second-order valence-electron chi connectivity index (χ2n) is 10.7. The average Bonchev–Trinajstić information content (AvgIpc) is 3.39. The van der Waals surface area contributed by atoms with Crippen LogP contribution in [0.15, 0.2) is 67.0 Å². The molecule has 11 nitrogen and oxygen atoms in total. The maximum absolute atomic E-state index is 13.2. The summed E-state index contributed by atoms with van der Waals surface area (Å²) in [5.74, 6) is -0.175. The van der Waals surface area contributed by atoms with Crippen LogP contribution >= 0.6 is 0 Å². The van der Waals surface area contributed by atoms with E-state index in [9.17, 15) is 14.4 Å². The Kier molecular flexibility index (Phi) is 9.28. The minimum Gasteiger partial charge on any atom is -0.381 e. The number of nitriles is 1. The highest BCUT2D eigenvalue weighted by atomic mass is 19.1. The summed E-state index contributed by atoms with van der Waals surface area (Å²) in [5, 5.41) is 18.6. The molecule has 1 aliphatic rings. The molecule has 44 heavy (non-hydrogen) atoms. The van der Waals surface area contributed by atoms with E-state index >= 15 is 0 Å². The number of amides is 1. The first-order valence-electron chi connectivity index (χ1n) is 14.1. The molecule has 0 bridgehead atoms. The van der Waals surface area contributed by atoms with E-state index in [1.165, 1.54) is 24.4 Å². The first kappa shape index (κ1) is 30.3. The molecule has 226 valence electrons. The van der Waals surface area contributed by atoms with Crippen LogP contribution in [0.2, 0.25) is 0 Å². The van der Waals surface area contributed by atoms with Crippen molar-refractivity contribution in [3.05, 3.63) is 95.1 Å². The first-order chi connectivity index (χ1) is 21.2. The van der Waals surface area contributed by atoms with Crippen LogP contribution in [0.5, 0.6) is 0 Å². The van der Waals surface area contributed by atoms with E-state index in [0.717, 1.165) is 16.7 Å². The molecule has 2 aromatic heterocycles. The van der Waals surface area contributed by atoms with Crippen molar-refractivity contribution in [1.82, 2.24) is 20.3 Å². The van der Waals surface area contributed by atoms with Gasteiger partial charge in [-0.05, 0) is 49.6 Å². The third-order valence-electron chi connectivity index (χ3n) is 6.95. The van der Waals surface area contributed by atoms with E-state index in [-0.39, 0.29) is 34.8 Å². The Morgan fingerprint density at radius 1 is 1.07 bits per heavy atom. The van der Waals surface area contributed by atoms with Gasteiger partial charge >= 0.3 is 0 Å². The van der Waals surface area contributed by atoms with Crippen molar-refractivity contribution in [1.29, 1.82) is 5.26 Å². The molecule has 1 fully saturated rings. The summed E-state index contributed by atoms with van der Waals surface area (Å²) in [5.41, 5.74) is 9.92. The van der Waals surface area contributed by atoms with Crippen LogP contribution < -0.4 is 21.7 Å². The zero-order valence-corrected chi connectivity index (χ0v) is 24.4. The van der Waals surface area contributed by atoms with Gasteiger partial charge in [-0.1, -0.05) is 36.4 Å². The van der Waals surface area contributed by atoms with E-state index in [4.69, 9.17) is 15.2 Å². The molecule has 2 aromatic carbocycles. The molecule has 5 rings (SSSR count). The minimum atomic E-state index is -0.613. The Labute approximate surface area is 254 Å². The number of carbonyl (C=O) groups excluding carboxylic acids is 1. The molecule has 12 heteroatoms. The number of halogens is 1.